The Morgan fingerprint density at radius 2 is 2.00 bits per heavy atom. The number of aromatic nitrogens is 1. The van der Waals surface area contributed by atoms with Gasteiger partial charge < -0.3 is 9.88 Å². The van der Waals surface area contributed by atoms with E-state index in [1.54, 1.807) is 0 Å². The van der Waals surface area contributed by atoms with Crippen LogP contribution in [0.3, 0.4) is 0 Å². The van der Waals surface area contributed by atoms with E-state index in [0.29, 0.717) is 6.04 Å². The van der Waals surface area contributed by atoms with Crippen molar-refractivity contribution in [2.24, 2.45) is 0 Å². The third kappa shape index (κ3) is 4.10. The van der Waals surface area contributed by atoms with Gasteiger partial charge in [-0.3, -0.25) is 4.90 Å². The van der Waals surface area contributed by atoms with Gasteiger partial charge in [-0.05, 0) is 50.0 Å². The van der Waals surface area contributed by atoms with Crippen LogP contribution >= 0.6 is 0 Å². The summed E-state index contributed by atoms with van der Waals surface area (Å²) in [6.45, 7) is 9.82. The summed E-state index contributed by atoms with van der Waals surface area (Å²) in [4.78, 5) is 2.61. The fourth-order valence-corrected chi connectivity index (χ4v) is 4.52. The van der Waals surface area contributed by atoms with Crippen molar-refractivity contribution in [3.8, 4) is 0 Å². The van der Waals surface area contributed by atoms with E-state index in [-0.39, 0.29) is 0 Å². The molecule has 1 aliphatic heterocycles. The third-order valence-corrected chi connectivity index (χ3v) is 5.91. The van der Waals surface area contributed by atoms with Crippen molar-refractivity contribution in [2.45, 2.75) is 45.8 Å². The molecule has 0 amide bonds. The average Bonchev–Trinajstić information content (AvgIpc) is 3.27. The van der Waals surface area contributed by atoms with Gasteiger partial charge in [0.25, 0.3) is 0 Å². The first-order chi connectivity index (χ1) is 13.2. The molecule has 0 unspecified atom stereocenters. The number of aryl methyl sites for hydroxylation is 1. The molecule has 2 aromatic carbocycles. The molecule has 1 aromatic heterocycles. The maximum Gasteiger partial charge on any atom is 0.0486 e. The minimum absolute atomic E-state index is 0.704. The highest BCUT2D eigenvalue weighted by atomic mass is 15.2. The lowest BCUT2D eigenvalue weighted by atomic mass is 10.1. The number of fused-ring (bicyclic) bond motifs is 1. The van der Waals surface area contributed by atoms with E-state index in [2.05, 4.69) is 83.4 Å². The van der Waals surface area contributed by atoms with E-state index in [1.165, 1.54) is 53.5 Å². The van der Waals surface area contributed by atoms with Crippen molar-refractivity contribution in [1.82, 2.24) is 14.8 Å². The summed E-state index contributed by atoms with van der Waals surface area (Å²) >= 11 is 0. The second kappa shape index (κ2) is 8.28. The highest BCUT2D eigenvalue weighted by molar-refractivity contribution is 5.84. The fourth-order valence-electron chi connectivity index (χ4n) is 4.52. The number of nitrogens with one attached hydrogen (secondary N) is 1. The highest BCUT2D eigenvalue weighted by Crippen LogP contribution is 2.23. The van der Waals surface area contributed by atoms with E-state index in [9.17, 15) is 0 Å². The Morgan fingerprint density at radius 3 is 2.85 bits per heavy atom. The predicted molar refractivity (Wildman–Crippen MR) is 114 cm³/mol. The monoisotopic (exact) mass is 361 g/mol. The van der Waals surface area contributed by atoms with Gasteiger partial charge in [-0.25, -0.2) is 0 Å². The highest BCUT2D eigenvalue weighted by Gasteiger charge is 2.22. The molecule has 1 aliphatic rings. The van der Waals surface area contributed by atoms with Gasteiger partial charge in [0.1, 0.15) is 0 Å². The first-order valence-corrected chi connectivity index (χ1v) is 10.3. The van der Waals surface area contributed by atoms with Gasteiger partial charge in [0.15, 0.2) is 0 Å². The number of para-hydroxylation sites is 1. The first kappa shape index (κ1) is 18.3. The van der Waals surface area contributed by atoms with Crippen LogP contribution in [0.4, 0.5) is 0 Å². The molecular formula is C24H31N3. The van der Waals surface area contributed by atoms with E-state index in [0.717, 1.165) is 19.6 Å². The molecule has 1 fully saturated rings. The molecule has 3 aromatic rings. The predicted octanol–water partition coefficient (Wildman–Crippen LogP) is 4.57. The molecule has 0 saturated carbocycles. The Morgan fingerprint density at radius 1 is 1.11 bits per heavy atom. The molecular weight excluding hydrogens is 330 g/mol. The molecule has 3 nitrogen and oxygen atoms in total. The Kier molecular flexibility index (Phi) is 5.61. The van der Waals surface area contributed by atoms with Crippen LogP contribution in [0.15, 0.2) is 54.7 Å². The standard InChI is InChI=1S/C24H31N3/c1-3-26-13-7-10-22(26)16-25-15-21-18-27(24-12-5-4-11-23(21)24)17-20-9-6-8-19(2)14-20/h4-6,8-9,11-12,14,18,22,25H,3,7,10,13,15-17H2,1-2H3/t22-/m0/s1. The molecule has 0 spiro atoms. The zero-order chi connectivity index (χ0) is 18.6. The van der Waals surface area contributed by atoms with Crippen molar-refractivity contribution < 1.29 is 0 Å². The maximum atomic E-state index is 3.73. The maximum absolute atomic E-state index is 3.73. The van der Waals surface area contributed by atoms with Gasteiger partial charge in [0.2, 0.25) is 0 Å². The lowest BCUT2D eigenvalue weighted by molar-refractivity contribution is 0.260. The van der Waals surface area contributed by atoms with Gasteiger partial charge in [-0.15, -0.1) is 0 Å². The van der Waals surface area contributed by atoms with Crippen molar-refractivity contribution in [1.29, 1.82) is 0 Å². The molecule has 142 valence electrons. The molecule has 0 bridgehead atoms. The smallest absolute Gasteiger partial charge is 0.0486 e. The minimum atomic E-state index is 0.704. The molecule has 2 heterocycles. The zero-order valence-corrected chi connectivity index (χ0v) is 16.6. The van der Waals surface area contributed by atoms with Gasteiger partial charge >= 0.3 is 0 Å². The van der Waals surface area contributed by atoms with Crippen molar-refractivity contribution in [3.63, 3.8) is 0 Å². The number of likely N-dealkylation sites (N-methyl/N-ethyl adjacent to an activating group) is 1. The Bertz CT molecular complexity index is 896. The third-order valence-electron chi connectivity index (χ3n) is 5.91. The molecule has 4 rings (SSSR count). The van der Waals surface area contributed by atoms with Gasteiger partial charge in [0.05, 0.1) is 0 Å². The Labute approximate surface area is 163 Å². The van der Waals surface area contributed by atoms with Gasteiger partial charge in [-0.1, -0.05) is 55.0 Å². The van der Waals surface area contributed by atoms with Crippen LogP contribution in [-0.4, -0.2) is 35.1 Å². The lowest BCUT2D eigenvalue weighted by Gasteiger charge is -2.22. The van der Waals surface area contributed by atoms with Crippen LogP contribution in [0.1, 0.15) is 36.5 Å². The number of benzene rings is 2. The van der Waals surface area contributed by atoms with Crippen LogP contribution in [0, 0.1) is 6.92 Å². The molecule has 1 N–H and O–H groups in total. The quantitative estimate of drug-likeness (QED) is 0.665. The van der Waals surface area contributed by atoms with Crippen molar-refractivity contribution in [2.75, 3.05) is 19.6 Å². The van der Waals surface area contributed by atoms with Crippen LogP contribution in [0.2, 0.25) is 0 Å². The largest absolute Gasteiger partial charge is 0.343 e. The van der Waals surface area contributed by atoms with Crippen LogP contribution in [0.25, 0.3) is 10.9 Å². The number of likely N-dealkylation sites (tertiary alicyclic amines) is 1. The molecule has 0 aliphatic carbocycles. The van der Waals surface area contributed by atoms with Crippen LogP contribution in [-0.2, 0) is 13.1 Å². The van der Waals surface area contributed by atoms with Crippen molar-refractivity contribution >= 4 is 10.9 Å². The Hall–Kier alpha value is -2.10. The van der Waals surface area contributed by atoms with Crippen LogP contribution < -0.4 is 5.32 Å². The fraction of sp³-hybridized carbons (Fsp3) is 0.417. The number of hydrogen-bond donors (Lipinski definition) is 1. The van der Waals surface area contributed by atoms with Crippen LogP contribution in [0.5, 0.6) is 0 Å². The molecule has 1 saturated heterocycles. The van der Waals surface area contributed by atoms with Gasteiger partial charge in [0, 0.05) is 42.8 Å². The van der Waals surface area contributed by atoms with E-state index >= 15 is 0 Å². The summed E-state index contributed by atoms with van der Waals surface area (Å²) < 4.78 is 2.40. The number of rotatable bonds is 7. The second-order valence-electron chi connectivity index (χ2n) is 7.84. The minimum Gasteiger partial charge on any atom is -0.343 e. The van der Waals surface area contributed by atoms with Crippen molar-refractivity contribution in [3.05, 3.63) is 71.4 Å². The number of nitrogens with zero attached hydrogens (tertiary/aromatic N) is 2. The molecule has 1 atom stereocenters. The SMILES string of the molecule is CCN1CCC[C@H]1CNCc1cn(Cc2cccc(C)c2)c2ccccc12. The Balaban J connectivity index is 1.49. The summed E-state index contributed by atoms with van der Waals surface area (Å²) in [6, 6.07) is 18.3. The molecule has 0 radical (unpaired) electrons. The summed E-state index contributed by atoms with van der Waals surface area (Å²) in [5.41, 5.74) is 5.41. The lowest BCUT2D eigenvalue weighted by Crippen LogP contribution is -2.37. The summed E-state index contributed by atoms with van der Waals surface area (Å²) in [5.74, 6) is 0. The summed E-state index contributed by atoms with van der Waals surface area (Å²) in [6.07, 6.45) is 5.01. The first-order valence-electron chi connectivity index (χ1n) is 10.3. The van der Waals surface area contributed by atoms with Gasteiger partial charge in [-0.2, -0.15) is 0 Å². The molecule has 27 heavy (non-hydrogen) atoms. The zero-order valence-electron chi connectivity index (χ0n) is 16.6. The normalized spacial score (nSPS) is 17.8. The summed E-state index contributed by atoms with van der Waals surface area (Å²) in [5, 5.41) is 5.10. The topological polar surface area (TPSA) is 20.2 Å². The average molecular weight is 362 g/mol. The van der Waals surface area contributed by atoms with E-state index in [1.807, 2.05) is 0 Å². The van der Waals surface area contributed by atoms with E-state index in [4.69, 9.17) is 0 Å². The number of hydrogen-bond acceptors (Lipinski definition) is 2. The second-order valence-corrected chi connectivity index (χ2v) is 7.84. The molecule has 3 heteroatoms. The summed E-state index contributed by atoms with van der Waals surface area (Å²) in [7, 11) is 0. The van der Waals surface area contributed by atoms with E-state index < -0.39 is 0 Å².